The zero-order valence-electron chi connectivity index (χ0n) is 13.2. The Labute approximate surface area is 122 Å². The van der Waals surface area contributed by atoms with E-state index in [0.29, 0.717) is 12.1 Å². The van der Waals surface area contributed by atoms with Crippen molar-refractivity contribution in [2.24, 2.45) is 0 Å². The molecule has 1 N–H and O–H groups in total. The van der Waals surface area contributed by atoms with Crippen molar-refractivity contribution in [3.8, 4) is 0 Å². The first-order chi connectivity index (χ1) is 9.65. The van der Waals surface area contributed by atoms with Crippen LogP contribution >= 0.6 is 0 Å². The Morgan fingerprint density at radius 2 is 2.20 bits per heavy atom. The Kier molecular flexibility index (Phi) is 5.51. The number of nitrogens with zero attached hydrogens (tertiary/aromatic N) is 5. The lowest BCUT2D eigenvalue weighted by Gasteiger charge is -2.41. The highest BCUT2D eigenvalue weighted by atomic mass is 15.3. The standard InChI is InChI=1S/C14H28N6/c1-5-6-20-14(16-11-17-20)9-12(15-2)13-10-18(3)7-8-19(13)4/h11-13,15H,5-10H2,1-4H3. The summed E-state index contributed by atoms with van der Waals surface area (Å²) in [6.07, 6.45) is 3.69. The number of hydrogen-bond donors (Lipinski definition) is 1. The van der Waals surface area contributed by atoms with E-state index in [1.54, 1.807) is 6.33 Å². The summed E-state index contributed by atoms with van der Waals surface area (Å²) in [7, 11) is 6.47. The highest BCUT2D eigenvalue weighted by Crippen LogP contribution is 2.13. The summed E-state index contributed by atoms with van der Waals surface area (Å²) < 4.78 is 2.04. The van der Waals surface area contributed by atoms with E-state index in [0.717, 1.165) is 44.8 Å². The van der Waals surface area contributed by atoms with E-state index >= 15 is 0 Å². The van der Waals surface area contributed by atoms with Gasteiger partial charge in [-0.1, -0.05) is 6.92 Å². The maximum absolute atomic E-state index is 4.44. The second-order valence-corrected chi connectivity index (χ2v) is 5.81. The van der Waals surface area contributed by atoms with Crippen LogP contribution in [0.1, 0.15) is 19.2 Å². The van der Waals surface area contributed by atoms with Gasteiger partial charge in [0, 0.05) is 44.7 Å². The molecule has 2 unspecified atom stereocenters. The van der Waals surface area contributed by atoms with Gasteiger partial charge in [-0.3, -0.25) is 9.58 Å². The lowest BCUT2D eigenvalue weighted by atomic mass is 10.0. The molecule has 2 atom stereocenters. The number of aromatic nitrogens is 3. The van der Waals surface area contributed by atoms with Gasteiger partial charge >= 0.3 is 0 Å². The van der Waals surface area contributed by atoms with Crippen LogP contribution in [0.4, 0.5) is 0 Å². The van der Waals surface area contributed by atoms with Crippen LogP contribution in [0.5, 0.6) is 0 Å². The van der Waals surface area contributed by atoms with E-state index < -0.39 is 0 Å². The minimum Gasteiger partial charge on any atom is -0.315 e. The lowest BCUT2D eigenvalue weighted by Crippen LogP contribution is -2.58. The molecule has 6 heteroatoms. The molecule has 1 saturated heterocycles. The first kappa shape index (κ1) is 15.4. The van der Waals surface area contributed by atoms with Crippen LogP contribution in [-0.4, -0.2) is 77.4 Å². The van der Waals surface area contributed by atoms with Crippen molar-refractivity contribution in [2.45, 2.75) is 38.4 Å². The molecular weight excluding hydrogens is 252 g/mol. The molecule has 0 bridgehead atoms. The third-order valence-electron chi connectivity index (χ3n) is 4.27. The van der Waals surface area contributed by atoms with E-state index in [4.69, 9.17) is 0 Å². The molecule has 2 heterocycles. The smallest absolute Gasteiger partial charge is 0.138 e. The monoisotopic (exact) mass is 280 g/mol. The summed E-state index contributed by atoms with van der Waals surface area (Å²) in [4.78, 5) is 9.31. The predicted molar refractivity (Wildman–Crippen MR) is 80.8 cm³/mol. The van der Waals surface area contributed by atoms with Crippen molar-refractivity contribution < 1.29 is 0 Å². The maximum Gasteiger partial charge on any atom is 0.138 e. The van der Waals surface area contributed by atoms with Crippen molar-refractivity contribution in [3.63, 3.8) is 0 Å². The average molecular weight is 280 g/mol. The number of piperazine rings is 1. The van der Waals surface area contributed by atoms with E-state index in [9.17, 15) is 0 Å². The van der Waals surface area contributed by atoms with Crippen LogP contribution in [0.15, 0.2) is 6.33 Å². The molecule has 0 aliphatic carbocycles. The minimum absolute atomic E-state index is 0.405. The van der Waals surface area contributed by atoms with Gasteiger partial charge in [0.15, 0.2) is 0 Å². The molecule has 114 valence electrons. The van der Waals surface area contributed by atoms with Gasteiger partial charge in [0.2, 0.25) is 0 Å². The van der Waals surface area contributed by atoms with Crippen molar-refractivity contribution in [3.05, 3.63) is 12.2 Å². The van der Waals surface area contributed by atoms with Crippen LogP contribution in [0.25, 0.3) is 0 Å². The van der Waals surface area contributed by atoms with Gasteiger partial charge in [-0.2, -0.15) is 5.10 Å². The quantitative estimate of drug-likeness (QED) is 0.799. The van der Waals surface area contributed by atoms with Crippen LogP contribution in [-0.2, 0) is 13.0 Å². The van der Waals surface area contributed by atoms with E-state index in [1.807, 2.05) is 11.7 Å². The van der Waals surface area contributed by atoms with Crippen LogP contribution < -0.4 is 5.32 Å². The van der Waals surface area contributed by atoms with Gasteiger partial charge in [-0.05, 0) is 27.6 Å². The average Bonchev–Trinajstić information content (AvgIpc) is 2.87. The number of hydrogen-bond acceptors (Lipinski definition) is 5. The molecule has 0 radical (unpaired) electrons. The van der Waals surface area contributed by atoms with Gasteiger partial charge in [-0.25, -0.2) is 4.98 Å². The zero-order valence-corrected chi connectivity index (χ0v) is 13.2. The summed E-state index contributed by atoms with van der Waals surface area (Å²) in [5.74, 6) is 1.09. The summed E-state index contributed by atoms with van der Waals surface area (Å²) >= 11 is 0. The number of rotatable bonds is 6. The zero-order chi connectivity index (χ0) is 14.5. The highest BCUT2D eigenvalue weighted by molar-refractivity contribution is 4.96. The number of nitrogens with one attached hydrogen (secondary N) is 1. The van der Waals surface area contributed by atoms with Crippen molar-refractivity contribution in [1.29, 1.82) is 0 Å². The van der Waals surface area contributed by atoms with Crippen LogP contribution in [0, 0.1) is 0 Å². The second kappa shape index (κ2) is 7.15. The number of aryl methyl sites for hydroxylation is 1. The molecule has 1 aromatic heterocycles. The summed E-state index contributed by atoms with van der Waals surface area (Å²) in [5.41, 5.74) is 0. The summed E-state index contributed by atoms with van der Waals surface area (Å²) in [6, 6.07) is 0.924. The first-order valence-electron chi connectivity index (χ1n) is 7.58. The normalized spacial score (nSPS) is 23.1. The largest absolute Gasteiger partial charge is 0.315 e. The third kappa shape index (κ3) is 3.56. The van der Waals surface area contributed by atoms with Crippen molar-refractivity contribution in [1.82, 2.24) is 29.9 Å². The molecule has 0 aromatic carbocycles. The summed E-state index contributed by atoms with van der Waals surface area (Å²) in [5, 5.41) is 7.81. The van der Waals surface area contributed by atoms with Gasteiger partial charge in [0.1, 0.15) is 12.2 Å². The molecule has 6 nitrogen and oxygen atoms in total. The van der Waals surface area contributed by atoms with Crippen LogP contribution in [0.2, 0.25) is 0 Å². The van der Waals surface area contributed by atoms with Crippen molar-refractivity contribution in [2.75, 3.05) is 40.8 Å². The van der Waals surface area contributed by atoms with Gasteiger partial charge < -0.3 is 10.2 Å². The molecule has 0 spiro atoms. The van der Waals surface area contributed by atoms with Crippen LogP contribution in [0.3, 0.4) is 0 Å². The Morgan fingerprint density at radius 3 is 2.90 bits per heavy atom. The molecule has 1 aliphatic heterocycles. The molecule has 1 aromatic rings. The number of likely N-dealkylation sites (N-methyl/N-ethyl adjacent to an activating group) is 3. The molecule has 1 fully saturated rings. The Morgan fingerprint density at radius 1 is 1.40 bits per heavy atom. The first-order valence-corrected chi connectivity index (χ1v) is 7.58. The molecule has 0 amide bonds. The van der Waals surface area contributed by atoms with Crippen molar-refractivity contribution >= 4 is 0 Å². The minimum atomic E-state index is 0.405. The second-order valence-electron chi connectivity index (χ2n) is 5.81. The molecule has 20 heavy (non-hydrogen) atoms. The Hall–Kier alpha value is -0.980. The fourth-order valence-electron chi connectivity index (χ4n) is 2.95. The Bertz CT molecular complexity index is 404. The molecular formula is C14H28N6. The Balaban J connectivity index is 2.05. The molecule has 2 rings (SSSR count). The SMILES string of the molecule is CCCn1ncnc1CC(NC)C1CN(C)CCN1C. The maximum atomic E-state index is 4.44. The van der Waals surface area contributed by atoms with Gasteiger partial charge in [-0.15, -0.1) is 0 Å². The lowest BCUT2D eigenvalue weighted by molar-refractivity contribution is 0.0889. The van der Waals surface area contributed by atoms with E-state index in [-0.39, 0.29) is 0 Å². The van der Waals surface area contributed by atoms with Gasteiger partial charge in [0.05, 0.1) is 0 Å². The van der Waals surface area contributed by atoms with E-state index in [2.05, 4.69) is 46.2 Å². The predicted octanol–water partition coefficient (Wildman–Crippen LogP) is 0.0644. The third-order valence-corrected chi connectivity index (χ3v) is 4.27. The fourth-order valence-corrected chi connectivity index (χ4v) is 2.95. The molecule has 0 saturated carbocycles. The highest BCUT2D eigenvalue weighted by Gasteiger charge is 2.29. The molecule has 1 aliphatic rings. The van der Waals surface area contributed by atoms with Gasteiger partial charge in [0.25, 0.3) is 0 Å². The summed E-state index contributed by atoms with van der Waals surface area (Å²) in [6.45, 7) is 6.50. The fraction of sp³-hybridized carbons (Fsp3) is 0.857. The van der Waals surface area contributed by atoms with E-state index in [1.165, 1.54) is 0 Å². The topological polar surface area (TPSA) is 49.2 Å².